The third-order valence-electron chi connectivity index (χ3n) is 2.27. The van der Waals surface area contributed by atoms with E-state index in [1.807, 2.05) is 0 Å². The van der Waals surface area contributed by atoms with Crippen LogP contribution in [0.15, 0.2) is 12.5 Å². The third kappa shape index (κ3) is 1.49. The molecule has 1 aliphatic rings. The Hall–Kier alpha value is -1.40. The van der Waals surface area contributed by atoms with Crippen LogP contribution in [0.1, 0.15) is 10.5 Å². The number of carbonyl (C=O) groups excluding carboxylic acids is 1. The number of hydrogen-bond donors (Lipinski definition) is 3. The van der Waals surface area contributed by atoms with Gasteiger partial charge in [-0.15, -0.1) is 0 Å². The molecule has 6 nitrogen and oxygen atoms in total. The number of amides is 1. The maximum Gasteiger partial charge on any atom is 0.272 e. The number of rotatable bonds is 1. The molecule has 2 atom stereocenters. The van der Waals surface area contributed by atoms with Crippen LogP contribution in [-0.4, -0.2) is 56.3 Å². The fourth-order valence-electron chi connectivity index (χ4n) is 1.48. The maximum absolute atomic E-state index is 11.6. The second kappa shape index (κ2) is 3.39. The second-order valence-corrected chi connectivity index (χ2v) is 3.31. The third-order valence-corrected chi connectivity index (χ3v) is 2.27. The highest BCUT2D eigenvalue weighted by atomic mass is 16.3. The molecule has 1 saturated heterocycles. The number of likely N-dealkylation sites (tertiary alicyclic amines) is 1. The van der Waals surface area contributed by atoms with Crippen molar-refractivity contribution in [2.45, 2.75) is 12.2 Å². The smallest absolute Gasteiger partial charge is 0.272 e. The SMILES string of the molecule is O=C(c1cnc[nH]1)N1C[C@@H](O)[C@@H](O)C1. The lowest BCUT2D eigenvalue weighted by Crippen LogP contribution is -2.30. The summed E-state index contributed by atoms with van der Waals surface area (Å²) in [6, 6.07) is 0. The minimum Gasteiger partial charge on any atom is -0.388 e. The summed E-state index contributed by atoms with van der Waals surface area (Å²) in [6.45, 7) is 0.331. The number of nitrogens with zero attached hydrogens (tertiary/aromatic N) is 2. The van der Waals surface area contributed by atoms with Gasteiger partial charge in [0.2, 0.25) is 0 Å². The molecule has 1 aliphatic heterocycles. The predicted molar refractivity (Wildman–Crippen MR) is 46.5 cm³/mol. The van der Waals surface area contributed by atoms with Crippen LogP contribution in [0.4, 0.5) is 0 Å². The Kier molecular flexibility index (Phi) is 2.22. The first-order chi connectivity index (χ1) is 6.68. The molecule has 0 bridgehead atoms. The highest BCUT2D eigenvalue weighted by Gasteiger charge is 2.33. The number of hydrogen-bond acceptors (Lipinski definition) is 4. The molecule has 1 amide bonds. The molecule has 0 radical (unpaired) electrons. The van der Waals surface area contributed by atoms with Crippen LogP contribution in [0, 0.1) is 0 Å². The summed E-state index contributed by atoms with van der Waals surface area (Å²) in [5.74, 6) is -0.252. The highest BCUT2D eigenvalue weighted by molar-refractivity contribution is 5.92. The predicted octanol–water partition coefficient (Wildman–Crippen LogP) is -1.41. The lowest BCUT2D eigenvalue weighted by Gasteiger charge is -2.13. The molecule has 14 heavy (non-hydrogen) atoms. The van der Waals surface area contributed by atoms with Crippen LogP contribution in [0.2, 0.25) is 0 Å². The Morgan fingerprint density at radius 2 is 2.14 bits per heavy atom. The molecule has 0 aliphatic carbocycles. The number of H-pyrrole nitrogens is 1. The zero-order valence-electron chi connectivity index (χ0n) is 7.42. The van der Waals surface area contributed by atoms with Gasteiger partial charge in [0.25, 0.3) is 5.91 Å². The minimum absolute atomic E-state index is 0.166. The largest absolute Gasteiger partial charge is 0.388 e. The van der Waals surface area contributed by atoms with Crippen LogP contribution < -0.4 is 0 Å². The number of imidazole rings is 1. The van der Waals surface area contributed by atoms with E-state index in [2.05, 4.69) is 9.97 Å². The number of nitrogens with one attached hydrogen (secondary N) is 1. The van der Waals surface area contributed by atoms with E-state index >= 15 is 0 Å². The Bertz CT molecular complexity index is 315. The van der Waals surface area contributed by atoms with E-state index in [1.165, 1.54) is 17.4 Å². The normalized spacial score (nSPS) is 26.9. The molecular weight excluding hydrogens is 186 g/mol. The summed E-state index contributed by atoms with van der Waals surface area (Å²) in [7, 11) is 0. The molecule has 3 N–H and O–H groups in total. The van der Waals surface area contributed by atoms with Gasteiger partial charge in [-0.2, -0.15) is 0 Å². The van der Waals surface area contributed by atoms with E-state index in [4.69, 9.17) is 0 Å². The quantitative estimate of drug-likeness (QED) is 0.516. The standard InChI is InChI=1S/C8H11N3O3/c12-6-2-11(3-7(6)13)8(14)5-1-9-4-10-5/h1,4,6-7,12-13H,2-3H2,(H,9,10)/t6-,7+. The van der Waals surface area contributed by atoms with Gasteiger partial charge in [-0.3, -0.25) is 4.79 Å². The van der Waals surface area contributed by atoms with Crippen molar-refractivity contribution in [3.8, 4) is 0 Å². The lowest BCUT2D eigenvalue weighted by atomic mass is 10.3. The molecule has 1 aromatic rings. The highest BCUT2D eigenvalue weighted by Crippen LogP contribution is 2.12. The molecule has 76 valence electrons. The van der Waals surface area contributed by atoms with Gasteiger partial charge in [0, 0.05) is 13.1 Å². The van der Waals surface area contributed by atoms with Gasteiger partial charge in [-0.05, 0) is 0 Å². The Morgan fingerprint density at radius 1 is 1.50 bits per heavy atom. The van der Waals surface area contributed by atoms with E-state index in [0.29, 0.717) is 5.69 Å². The van der Waals surface area contributed by atoms with E-state index in [-0.39, 0.29) is 19.0 Å². The van der Waals surface area contributed by atoms with Gasteiger partial charge < -0.3 is 20.1 Å². The summed E-state index contributed by atoms with van der Waals surface area (Å²) in [5, 5.41) is 18.5. The molecule has 0 aromatic carbocycles. The van der Waals surface area contributed by atoms with Gasteiger partial charge in [-0.25, -0.2) is 4.98 Å². The van der Waals surface area contributed by atoms with Crippen LogP contribution >= 0.6 is 0 Å². The number of carbonyl (C=O) groups is 1. The van der Waals surface area contributed by atoms with Gasteiger partial charge in [0.15, 0.2) is 0 Å². The number of aliphatic hydroxyl groups is 2. The van der Waals surface area contributed by atoms with E-state index in [1.54, 1.807) is 0 Å². The van der Waals surface area contributed by atoms with E-state index in [9.17, 15) is 15.0 Å². The Balaban J connectivity index is 2.07. The van der Waals surface area contributed by atoms with E-state index < -0.39 is 12.2 Å². The van der Waals surface area contributed by atoms with Crippen molar-refractivity contribution in [1.29, 1.82) is 0 Å². The number of aromatic amines is 1. The second-order valence-electron chi connectivity index (χ2n) is 3.31. The summed E-state index contributed by atoms with van der Waals surface area (Å²) in [6.07, 6.45) is 1.14. The molecule has 1 aromatic heterocycles. The van der Waals surface area contributed by atoms with Crippen molar-refractivity contribution in [1.82, 2.24) is 14.9 Å². The first-order valence-electron chi connectivity index (χ1n) is 4.32. The molecule has 2 rings (SSSR count). The fraction of sp³-hybridized carbons (Fsp3) is 0.500. The van der Waals surface area contributed by atoms with Crippen LogP contribution in [0.3, 0.4) is 0 Å². The van der Waals surface area contributed by atoms with Gasteiger partial charge in [0.1, 0.15) is 5.69 Å². The van der Waals surface area contributed by atoms with Crippen molar-refractivity contribution >= 4 is 5.91 Å². The van der Waals surface area contributed by atoms with E-state index in [0.717, 1.165) is 0 Å². The van der Waals surface area contributed by atoms with Gasteiger partial charge in [-0.1, -0.05) is 0 Å². The lowest BCUT2D eigenvalue weighted by molar-refractivity contribution is 0.0572. The summed E-state index contributed by atoms with van der Waals surface area (Å²) in [5.41, 5.74) is 0.367. The number of β-amino-alcohol motifs (C(OH)–C–C–N with tert-alkyl or cyclic N) is 2. The average molecular weight is 197 g/mol. The molecule has 6 heteroatoms. The summed E-state index contributed by atoms with van der Waals surface area (Å²) in [4.78, 5) is 19.4. The van der Waals surface area contributed by atoms with Gasteiger partial charge >= 0.3 is 0 Å². The summed E-state index contributed by atoms with van der Waals surface area (Å²) >= 11 is 0. The zero-order chi connectivity index (χ0) is 10.1. The molecular formula is C8H11N3O3. The molecule has 0 saturated carbocycles. The molecule has 0 unspecified atom stereocenters. The maximum atomic E-state index is 11.6. The molecule has 2 heterocycles. The number of aromatic nitrogens is 2. The van der Waals surface area contributed by atoms with Crippen molar-refractivity contribution in [2.75, 3.05) is 13.1 Å². The number of aliphatic hydroxyl groups excluding tert-OH is 2. The average Bonchev–Trinajstić information content (AvgIpc) is 2.76. The first kappa shape index (κ1) is 9.17. The van der Waals surface area contributed by atoms with Gasteiger partial charge in [0.05, 0.1) is 24.7 Å². The van der Waals surface area contributed by atoms with Crippen molar-refractivity contribution < 1.29 is 15.0 Å². The monoisotopic (exact) mass is 197 g/mol. The molecule has 0 spiro atoms. The first-order valence-corrected chi connectivity index (χ1v) is 4.32. The minimum atomic E-state index is -0.845. The summed E-state index contributed by atoms with van der Waals surface area (Å²) < 4.78 is 0. The van der Waals surface area contributed by atoms with Crippen LogP contribution in [0.25, 0.3) is 0 Å². The van der Waals surface area contributed by atoms with Crippen molar-refractivity contribution in [2.24, 2.45) is 0 Å². The van der Waals surface area contributed by atoms with Crippen molar-refractivity contribution in [3.63, 3.8) is 0 Å². The topological polar surface area (TPSA) is 89.5 Å². The van der Waals surface area contributed by atoms with Crippen LogP contribution in [0.5, 0.6) is 0 Å². The van der Waals surface area contributed by atoms with Crippen LogP contribution in [-0.2, 0) is 0 Å². The van der Waals surface area contributed by atoms with Crippen molar-refractivity contribution in [3.05, 3.63) is 18.2 Å². The fourth-order valence-corrected chi connectivity index (χ4v) is 1.48. The Labute approximate surface area is 80.2 Å². The Morgan fingerprint density at radius 3 is 2.64 bits per heavy atom. The molecule has 1 fully saturated rings. The zero-order valence-corrected chi connectivity index (χ0v) is 7.42.